The number of nitrogens with zero attached hydrogens (tertiary/aromatic N) is 1. The van der Waals surface area contributed by atoms with E-state index in [1.165, 1.54) is 0 Å². The average molecular weight is 402 g/mol. The van der Waals surface area contributed by atoms with Crippen molar-refractivity contribution in [3.63, 3.8) is 0 Å². The van der Waals surface area contributed by atoms with Crippen molar-refractivity contribution in [2.75, 3.05) is 26.2 Å². The fraction of sp³-hybridized carbons (Fsp3) is 0.611. The number of nitrogens with one attached hydrogen (secondary N) is 2. The molecule has 8 heteroatoms. The van der Waals surface area contributed by atoms with E-state index < -0.39 is 10.0 Å². The maximum Gasteiger partial charge on any atom is 0.243 e. The lowest BCUT2D eigenvalue weighted by Crippen LogP contribution is -2.46. The van der Waals surface area contributed by atoms with E-state index in [1.807, 2.05) is 0 Å². The molecule has 1 atom stereocenters. The van der Waals surface area contributed by atoms with Gasteiger partial charge in [-0.2, -0.15) is 4.31 Å². The molecule has 2 aliphatic heterocycles. The van der Waals surface area contributed by atoms with Gasteiger partial charge in [0.1, 0.15) is 0 Å². The topological polar surface area (TPSA) is 78.5 Å². The highest BCUT2D eigenvalue weighted by Gasteiger charge is 2.25. The Kier molecular flexibility index (Phi) is 7.88. The van der Waals surface area contributed by atoms with Crippen molar-refractivity contribution in [1.82, 2.24) is 14.9 Å². The van der Waals surface area contributed by atoms with E-state index >= 15 is 0 Å². The van der Waals surface area contributed by atoms with Gasteiger partial charge in [0.25, 0.3) is 0 Å². The molecule has 1 aromatic rings. The Hall–Kier alpha value is -1.15. The van der Waals surface area contributed by atoms with Crippen LogP contribution in [0, 0.1) is 0 Å². The summed E-state index contributed by atoms with van der Waals surface area (Å²) in [5, 5.41) is 6.31. The second-order valence-corrected chi connectivity index (χ2v) is 8.83. The van der Waals surface area contributed by atoms with Crippen LogP contribution in [0.4, 0.5) is 0 Å². The molecule has 0 spiro atoms. The molecule has 1 amide bonds. The Morgan fingerprint density at radius 2 is 1.81 bits per heavy atom. The van der Waals surface area contributed by atoms with Crippen LogP contribution in [0.5, 0.6) is 0 Å². The lowest BCUT2D eigenvalue weighted by molar-refractivity contribution is -0.121. The number of halogens is 1. The van der Waals surface area contributed by atoms with Crippen molar-refractivity contribution in [1.29, 1.82) is 0 Å². The van der Waals surface area contributed by atoms with Crippen LogP contribution in [0.3, 0.4) is 0 Å². The van der Waals surface area contributed by atoms with Gasteiger partial charge in [-0.1, -0.05) is 18.6 Å². The van der Waals surface area contributed by atoms with Crippen molar-refractivity contribution >= 4 is 28.3 Å². The predicted molar refractivity (Wildman–Crippen MR) is 104 cm³/mol. The summed E-state index contributed by atoms with van der Waals surface area (Å²) >= 11 is 0. The quantitative estimate of drug-likeness (QED) is 0.787. The molecule has 2 heterocycles. The standard InChI is InChI=1S/C18H27N3O3S.ClH/c22-18(20-16-5-4-10-19-14-16)13-15-6-8-17(9-7-15)25(23,24)21-11-2-1-3-12-21;/h6-9,16,19H,1-5,10-14H2,(H,20,22);1H/t16-;/m0./s1. The third kappa shape index (κ3) is 5.42. The lowest BCUT2D eigenvalue weighted by atomic mass is 10.1. The molecular formula is C18H28ClN3O3S. The van der Waals surface area contributed by atoms with Crippen LogP contribution in [0.25, 0.3) is 0 Å². The zero-order valence-electron chi connectivity index (χ0n) is 14.9. The fourth-order valence-electron chi connectivity index (χ4n) is 3.47. The molecule has 26 heavy (non-hydrogen) atoms. The van der Waals surface area contributed by atoms with E-state index in [1.54, 1.807) is 28.6 Å². The molecule has 2 aliphatic rings. The Labute approximate surface area is 162 Å². The first kappa shape index (κ1) is 21.2. The molecule has 3 rings (SSSR count). The van der Waals surface area contributed by atoms with E-state index in [2.05, 4.69) is 10.6 Å². The van der Waals surface area contributed by atoms with Crippen LogP contribution in [-0.2, 0) is 21.2 Å². The maximum absolute atomic E-state index is 12.6. The number of carbonyl (C=O) groups excluding carboxylic acids is 1. The van der Waals surface area contributed by atoms with Crippen LogP contribution in [0.15, 0.2) is 29.2 Å². The first-order chi connectivity index (χ1) is 12.1. The lowest BCUT2D eigenvalue weighted by Gasteiger charge is -2.26. The van der Waals surface area contributed by atoms with Gasteiger partial charge in [0, 0.05) is 25.7 Å². The first-order valence-corrected chi connectivity index (χ1v) is 10.6. The zero-order chi connectivity index (χ0) is 17.7. The van der Waals surface area contributed by atoms with E-state index in [0.717, 1.165) is 50.8 Å². The van der Waals surface area contributed by atoms with Crippen molar-refractivity contribution < 1.29 is 13.2 Å². The highest BCUT2D eigenvalue weighted by molar-refractivity contribution is 7.89. The molecule has 6 nitrogen and oxygen atoms in total. The fourth-order valence-corrected chi connectivity index (χ4v) is 4.99. The third-order valence-corrected chi connectivity index (χ3v) is 6.82. The van der Waals surface area contributed by atoms with Gasteiger partial charge in [0.2, 0.25) is 15.9 Å². The molecule has 0 aliphatic carbocycles. The summed E-state index contributed by atoms with van der Waals surface area (Å²) < 4.78 is 26.8. The summed E-state index contributed by atoms with van der Waals surface area (Å²) in [6.07, 6.45) is 5.30. The Morgan fingerprint density at radius 3 is 2.42 bits per heavy atom. The molecule has 1 aromatic carbocycles. The van der Waals surface area contributed by atoms with Crippen molar-refractivity contribution in [2.45, 2.75) is 49.5 Å². The number of sulfonamides is 1. The molecule has 2 fully saturated rings. The molecule has 2 N–H and O–H groups in total. The molecule has 0 aromatic heterocycles. The molecule has 146 valence electrons. The minimum Gasteiger partial charge on any atom is -0.352 e. The van der Waals surface area contributed by atoms with Crippen LogP contribution in [0.2, 0.25) is 0 Å². The Bertz CT molecular complexity index is 682. The van der Waals surface area contributed by atoms with Crippen LogP contribution in [-0.4, -0.2) is 50.9 Å². The van der Waals surface area contributed by atoms with Gasteiger partial charge in [-0.25, -0.2) is 8.42 Å². The Morgan fingerprint density at radius 1 is 1.12 bits per heavy atom. The van der Waals surface area contributed by atoms with E-state index in [9.17, 15) is 13.2 Å². The second kappa shape index (κ2) is 9.69. The van der Waals surface area contributed by atoms with Crippen LogP contribution < -0.4 is 10.6 Å². The summed E-state index contributed by atoms with van der Waals surface area (Å²) in [5.74, 6) is -0.0136. The van der Waals surface area contributed by atoms with Crippen LogP contribution >= 0.6 is 12.4 Å². The normalized spacial score (nSPS) is 21.6. The van der Waals surface area contributed by atoms with Gasteiger partial charge < -0.3 is 10.6 Å². The van der Waals surface area contributed by atoms with E-state index in [0.29, 0.717) is 18.0 Å². The maximum atomic E-state index is 12.6. The summed E-state index contributed by atoms with van der Waals surface area (Å²) in [5.41, 5.74) is 0.832. The SMILES string of the molecule is Cl.O=C(Cc1ccc(S(=O)(=O)N2CCCCC2)cc1)N[C@H]1CCCNC1. The number of hydrogen-bond donors (Lipinski definition) is 2. The summed E-state index contributed by atoms with van der Waals surface area (Å²) in [4.78, 5) is 12.5. The summed E-state index contributed by atoms with van der Waals surface area (Å²) in [7, 11) is -3.41. The molecule has 0 unspecified atom stereocenters. The highest BCUT2D eigenvalue weighted by atomic mass is 35.5. The van der Waals surface area contributed by atoms with E-state index in [-0.39, 0.29) is 30.8 Å². The van der Waals surface area contributed by atoms with Gasteiger partial charge in [-0.3, -0.25) is 4.79 Å². The van der Waals surface area contributed by atoms with Crippen LogP contribution in [0.1, 0.15) is 37.7 Å². The molecule has 0 saturated carbocycles. The van der Waals surface area contributed by atoms with Crippen molar-refractivity contribution in [3.8, 4) is 0 Å². The van der Waals surface area contributed by atoms with E-state index in [4.69, 9.17) is 0 Å². The minimum absolute atomic E-state index is 0. The molecule has 2 saturated heterocycles. The molecular weight excluding hydrogens is 374 g/mol. The Balaban J connectivity index is 0.00000243. The number of carbonyl (C=O) groups is 1. The predicted octanol–water partition coefficient (Wildman–Crippen LogP) is 1.69. The first-order valence-electron chi connectivity index (χ1n) is 9.15. The summed E-state index contributed by atoms with van der Waals surface area (Å²) in [6, 6.07) is 6.93. The second-order valence-electron chi connectivity index (χ2n) is 6.90. The molecule has 0 bridgehead atoms. The van der Waals surface area contributed by atoms with Gasteiger partial charge in [0.05, 0.1) is 11.3 Å². The number of amides is 1. The number of piperidine rings is 2. The minimum atomic E-state index is -3.41. The number of rotatable bonds is 5. The smallest absolute Gasteiger partial charge is 0.243 e. The largest absolute Gasteiger partial charge is 0.352 e. The number of hydrogen-bond acceptors (Lipinski definition) is 4. The highest BCUT2D eigenvalue weighted by Crippen LogP contribution is 2.21. The van der Waals surface area contributed by atoms with Crippen molar-refractivity contribution in [3.05, 3.63) is 29.8 Å². The van der Waals surface area contributed by atoms with Gasteiger partial charge >= 0.3 is 0 Å². The average Bonchev–Trinajstić information content (AvgIpc) is 2.63. The summed E-state index contributed by atoms with van der Waals surface area (Å²) in [6.45, 7) is 3.03. The van der Waals surface area contributed by atoms with Gasteiger partial charge in [0.15, 0.2) is 0 Å². The van der Waals surface area contributed by atoms with Gasteiger partial charge in [-0.05, 0) is 49.9 Å². The third-order valence-electron chi connectivity index (χ3n) is 4.90. The van der Waals surface area contributed by atoms with Crippen molar-refractivity contribution in [2.24, 2.45) is 0 Å². The zero-order valence-corrected chi connectivity index (χ0v) is 16.6. The monoisotopic (exact) mass is 401 g/mol. The molecule has 0 radical (unpaired) electrons. The number of benzene rings is 1. The van der Waals surface area contributed by atoms with Gasteiger partial charge in [-0.15, -0.1) is 12.4 Å².